The lowest BCUT2D eigenvalue weighted by Gasteiger charge is -2.05. The second-order valence-electron chi connectivity index (χ2n) is 6.30. The average molecular weight is 418 g/mol. The Balaban J connectivity index is 3.45. The smallest absolute Gasteiger partial charge is 0.355 e. The van der Waals surface area contributed by atoms with Gasteiger partial charge in [0.2, 0.25) is 5.91 Å². The zero-order chi connectivity index (χ0) is 20.2. The molecule has 1 amide bonds. The van der Waals surface area contributed by atoms with Gasteiger partial charge in [-0.3, -0.25) is 4.79 Å². The van der Waals surface area contributed by atoms with Gasteiger partial charge in [-0.1, -0.05) is 56.2 Å². The number of allylic oxidation sites excluding steroid dienone is 6. The second-order valence-corrected chi connectivity index (χ2v) is 10.2. The molecule has 0 saturated heterocycles. The summed E-state index contributed by atoms with van der Waals surface area (Å²) in [4.78, 5) is 28.9. The molecule has 0 unspecified atom stereocenters. The van der Waals surface area contributed by atoms with Gasteiger partial charge < -0.3 is 15.1 Å². The van der Waals surface area contributed by atoms with E-state index in [0.29, 0.717) is 17.8 Å². The molecule has 0 spiro atoms. The van der Waals surface area contributed by atoms with E-state index in [4.69, 9.17) is 9.79 Å². The first kappa shape index (κ1) is 26.2. The first-order chi connectivity index (χ1) is 13.0. The van der Waals surface area contributed by atoms with Crippen LogP contribution in [0, 0.1) is 0 Å². The molecular weight excluding hydrogens is 381 g/mol. The predicted octanol–water partition coefficient (Wildman–Crippen LogP) is 5.52. The van der Waals surface area contributed by atoms with E-state index in [1.165, 1.54) is 25.7 Å². The van der Waals surface area contributed by atoms with E-state index in [1.54, 1.807) is 0 Å². The lowest BCUT2D eigenvalue weighted by atomic mass is 10.1. The predicted molar refractivity (Wildman–Crippen MR) is 117 cm³/mol. The van der Waals surface area contributed by atoms with Crippen LogP contribution < -0.4 is 5.32 Å². The molecule has 0 atom stereocenters. The summed E-state index contributed by atoms with van der Waals surface area (Å²) < 4.78 is 10.6. The van der Waals surface area contributed by atoms with Gasteiger partial charge in [0.05, 0.1) is 0 Å². The van der Waals surface area contributed by atoms with Gasteiger partial charge in [0, 0.05) is 18.7 Å². The van der Waals surface area contributed by atoms with Crippen LogP contribution in [0.15, 0.2) is 36.5 Å². The van der Waals surface area contributed by atoms with E-state index in [2.05, 4.69) is 48.7 Å². The fourth-order valence-electron chi connectivity index (χ4n) is 2.28. The van der Waals surface area contributed by atoms with Gasteiger partial charge in [0.1, 0.15) is 0 Å². The van der Waals surface area contributed by atoms with E-state index >= 15 is 0 Å². The summed E-state index contributed by atoms with van der Waals surface area (Å²) in [6.45, 7) is -1.52. The minimum atomic E-state index is -4.03. The third-order valence-electron chi connectivity index (χ3n) is 3.73. The maximum Gasteiger partial charge on any atom is 0.384 e. The first-order valence-electron chi connectivity index (χ1n) is 9.87. The van der Waals surface area contributed by atoms with Crippen LogP contribution in [-0.2, 0) is 9.36 Å². The molecule has 7 heteroatoms. The molecule has 0 aromatic carbocycles. The summed E-state index contributed by atoms with van der Waals surface area (Å²) >= 11 is 0.558. The van der Waals surface area contributed by atoms with Gasteiger partial charge >= 0.3 is 6.80 Å². The Bertz CT molecular complexity index is 500. The summed E-state index contributed by atoms with van der Waals surface area (Å²) in [5, 5.41) is 2.67. The molecule has 0 aliphatic heterocycles. The second kappa shape index (κ2) is 18.5. The highest BCUT2D eigenvalue weighted by atomic mass is 32.7. The van der Waals surface area contributed by atoms with Crippen molar-refractivity contribution < 1.29 is 19.1 Å². The zero-order valence-corrected chi connectivity index (χ0v) is 18.2. The van der Waals surface area contributed by atoms with Gasteiger partial charge in [-0.15, -0.1) is 0 Å². The van der Waals surface area contributed by atoms with Crippen LogP contribution in [0.1, 0.15) is 71.1 Å². The number of unbranched alkanes of at least 4 members (excludes halogenated alkanes) is 5. The van der Waals surface area contributed by atoms with Crippen molar-refractivity contribution in [2.75, 3.05) is 12.3 Å². The SMILES string of the molecule is CCCCCC=CCC=CCC=CCCCCC(=O)NCCSP(=O)(O)O. The third kappa shape index (κ3) is 23.2. The minimum absolute atomic E-state index is 0.0593. The van der Waals surface area contributed by atoms with Crippen molar-refractivity contribution in [3.8, 4) is 0 Å². The first-order valence-corrected chi connectivity index (χ1v) is 13.1. The number of hydrogen-bond donors (Lipinski definition) is 3. The molecule has 0 rings (SSSR count). The van der Waals surface area contributed by atoms with Crippen LogP contribution in [0.5, 0.6) is 0 Å². The van der Waals surface area contributed by atoms with E-state index in [1.807, 2.05) is 0 Å². The Kier molecular flexibility index (Phi) is 18.0. The third-order valence-corrected chi connectivity index (χ3v) is 6.01. The lowest BCUT2D eigenvalue weighted by molar-refractivity contribution is -0.121. The van der Waals surface area contributed by atoms with Crippen LogP contribution in [0.4, 0.5) is 0 Å². The van der Waals surface area contributed by atoms with E-state index < -0.39 is 6.80 Å². The summed E-state index contributed by atoms with van der Waals surface area (Å²) in [7, 11) is 0. The Hall–Kier alpha value is -0.810. The molecule has 0 aromatic heterocycles. The quantitative estimate of drug-likeness (QED) is 0.165. The molecule has 0 aromatic rings. The average Bonchev–Trinajstić information content (AvgIpc) is 2.61. The summed E-state index contributed by atoms with van der Waals surface area (Å²) in [6, 6.07) is 0. The Morgan fingerprint density at radius 1 is 0.926 bits per heavy atom. The Morgan fingerprint density at radius 2 is 1.48 bits per heavy atom. The molecule has 0 bridgehead atoms. The molecule has 0 fully saturated rings. The van der Waals surface area contributed by atoms with Crippen LogP contribution in [0.3, 0.4) is 0 Å². The molecule has 5 nitrogen and oxygen atoms in total. The van der Waals surface area contributed by atoms with E-state index in [0.717, 1.165) is 32.1 Å². The number of hydrogen-bond acceptors (Lipinski definition) is 3. The van der Waals surface area contributed by atoms with Crippen molar-refractivity contribution in [3.63, 3.8) is 0 Å². The molecule has 0 heterocycles. The van der Waals surface area contributed by atoms with E-state index in [-0.39, 0.29) is 18.2 Å². The highest BCUT2D eigenvalue weighted by Gasteiger charge is 2.12. The maximum absolute atomic E-state index is 11.6. The minimum Gasteiger partial charge on any atom is -0.355 e. The Labute approximate surface area is 168 Å². The molecule has 156 valence electrons. The number of amides is 1. The standard InChI is InChI=1S/C20H36NO4PS/c1-2-3-4-5-6-7-8-9-10-11-12-13-14-15-16-17-20(22)21-18-19-27-26(23,24)25/h6-7,9-10,12-13H,2-5,8,11,14-19H2,1H3,(H,21,22)(H2,23,24,25). The van der Waals surface area contributed by atoms with Gasteiger partial charge in [-0.05, 0) is 56.3 Å². The fraction of sp³-hybridized carbons (Fsp3) is 0.650. The van der Waals surface area contributed by atoms with Gasteiger partial charge in [0.25, 0.3) is 0 Å². The normalized spacial score (nSPS) is 12.6. The van der Waals surface area contributed by atoms with Crippen LogP contribution in [0.2, 0.25) is 0 Å². The fourth-order valence-corrected chi connectivity index (χ4v) is 3.70. The summed E-state index contributed by atoms with van der Waals surface area (Å²) in [6.07, 6.45) is 23.4. The number of carbonyl (C=O) groups is 1. The van der Waals surface area contributed by atoms with Crippen LogP contribution in [-0.4, -0.2) is 28.0 Å². The van der Waals surface area contributed by atoms with Crippen molar-refractivity contribution in [1.29, 1.82) is 0 Å². The van der Waals surface area contributed by atoms with Crippen molar-refractivity contribution >= 4 is 24.1 Å². The monoisotopic (exact) mass is 417 g/mol. The van der Waals surface area contributed by atoms with Crippen molar-refractivity contribution in [2.45, 2.75) is 71.1 Å². The van der Waals surface area contributed by atoms with Gasteiger partial charge in [-0.25, -0.2) is 4.57 Å². The van der Waals surface area contributed by atoms with Crippen molar-refractivity contribution in [2.24, 2.45) is 0 Å². The van der Waals surface area contributed by atoms with Gasteiger partial charge in [-0.2, -0.15) is 0 Å². The molecule has 0 saturated carbocycles. The van der Waals surface area contributed by atoms with Crippen molar-refractivity contribution in [3.05, 3.63) is 36.5 Å². The largest absolute Gasteiger partial charge is 0.384 e. The Morgan fingerprint density at radius 3 is 2.04 bits per heavy atom. The maximum atomic E-state index is 11.6. The highest BCUT2D eigenvalue weighted by Crippen LogP contribution is 2.49. The summed E-state index contributed by atoms with van der Waals surface area (Å²) in [5.74, 6) is 0.164. The molecular formula is C20H36NO4PS. The topological polar surface area (TPSA) is 86.6 Å². The molecule has 27 heavy (non-hydrogen) atoms. The van der Waals surface area contributed by atoms with Crippen LogP contribution in [0.25, 0.3) is 0 Å². The molecule has 0 radical (unpaired) electrons. The van der Waals surface area contributed by atoms with Crippen LogP contribution >= 0.6 is 18.2 Å². The number of nitrogens with one attached hydrogen (secondary N) is 1. The zero-order valence-electron chi connectivity index (χ0n) is 16.5. The van der Waals surface area contributed by atoms with Crippen molar-refractivity contribution in [1.82, 2.24) is 5.32 Å². The van der Waals surface area contributed by atoms with Gasteiger partial charge in [0.15, 0.2) is 0 Å². The molecule has 0 aliphatic rings. The number of carbonyl (C=O) groups excluding carboxylic acids is 1. The lowest BCUT2D eigenvalue weighted by Crippen LogP contribution is -2.25. The highest BCUT2D eigenvalue weighted by molar-refractivity contribution is 8.54. The molecule has 3 N–H and O–H groups in total. The van der Waals surface area contributed by atoms with E-state index in [9.17, 15) is 9.36 Å². The molecule has 0 aliphatic carbocycles. The summed E-state index contributed by atoms with van der Waals surface area (Å²) in [5.41, 5.74) is 0. The number of rotatable bonds is 17.